The molecule has 1 aromatic carbocycles. The van der Waals surface area contributed by atoms with Crippen LogP contribution in [0.2, 0.25) is 0 Å². The van der Waals surface area contributed by atoms with Gasteiger partial charge in [0.1, 0.15) is 16.6 Å². The zero-order valence-corrected chi connectivity index (χ0v) is 11.3. The number of aryl methyl sites for hydroxylation is 2. The summed E-state index contributed by atoms with van der Waals surface area (Å²) >= 11 is 1.62. The van der Waals surface area contributed by atoms with Gasteiger partial charge in [-0.15, -0.1) is 11.3 Å². The number of aromatic nitrogens is 1. The predicted molar refractivity (Wildman–Crippen MR) is 73.1 cm³/mol. The Kier molecular flexibility index (Phi) is 3.33. The van der Waals surface area contributed by atoms with E-state index in [0.29, 0.717) is 0 Å². The third-order valence-corrected chi connectivity index (χ3v) is 3.68. The summed E-state index contributed by atoms with van der Waals surface area (Å²) in [5.74, 6) is 1.77. The minimum atomic E-state index is 0.880. The molecule has 0 fully saturated rings. The van der Waals surface area contributed by atoms with Crippen LogP contribution in [0, 0.1) is 13.8 Å². The summed E-state index contributed by atoms with van der Waals surface area (Å²) in [6.07, 6.45) is 0. The summed E-state index contributed by atoms with van der Waals surface area (Å²) in [6, 6.07) is 4.19. The van der Waals surface area contributed by atoms with Crippen molar-refractivity contribution in [2.45, 2.75) is 13.8 Å². The number of methoxy groups -OCH3 is 1. The van der Waals surface area contributed by atoms with Crippen LogP contribution in [0.5, 0.6) is 5.75 Å². The number of anilines is 1. The molecule has 17 heavy (non-hydrogen) atoms. The number of thiazole rings is 1. The Morgan fingerprint density at radius 3 is 2.53 bits per heavy atom. The van der Waals surface area contributed by atoms with Gasteiger partial charge in [0.15, 0.2) is 0 Å². The second-order valence-corrected chi connectivity index (χ2v) is 4.78. The van der Waals surface area contributed by atoms with Crippen LogP contribution in [0.15, 0.2) is 17.5 Å². The van der Waals surface area contributed by atoms with Crippen molar-refractivity contribution in [2.75, 3.05) is 19.5 Å². The average Bonchev–Trinajstić information content (AvgIpc) is 2.80. The topological polar surface area (TPSA) is 34.1 Å². The maximum atomic E-state index is 5.42. The lowest BCUT2D eigenvalue weighted by Crippen LogP contribution is -1.92. The lowest BCUT2D eigenvalue weighted by molar-refractivity contribution is 0.416. The zero-order valence-electron chi connectivity index (χ0n) is 10.5. The van der Waals surface area contributed by atoms with Gasteiger partial charge >= 0.3 is 0 Å². The molecule has 0 bridgehead atoms. The zero-order chi connectivity index (χ0) is 12.4. The minimum Gasteiger partial charge on any atom is -0.496 e. The summed E-state index contributed by atoms with van der Waals surface area (Å²) in [5.41, 5.74) is 3.54. The first-order valence-corrected chi connectivity index (χ1v) is 6.32. The van der Waals surface area contributed by atoms with Crippen molar-refractivity contribution in [2.24, 2.45) is 0 Å². The van der Waals surface area contributed by atoms with Gasteiger partial charge in [0.05, 0.1) is 12.7 Å². The SMILES string of the molecule is CNc1csc(-c2cc(C)c(C)cc2OC)n1. The standard InChI is InChI=1S/C13H16N2OS/c1-8-5-10(11(16-4)6-9(8)2)13-15-12(14-3)7-17-13/h5-7,14H,1-4H3. The first kappa shape index (κ1) is 11.9. The van der Waals surface area contributed by atoms with Crippen molar-refractivity contribution in [1.82, 2.24) is 4.98 Å². The molecule has 0 amide bonds. The molecule has 0 spiro atoms. The monoisotopic (exact) mass is 248 g/mol. The molecule has 0 unspecified atom stereocenters. The third-order valence-electron chi connectivity index (χ3n) is 2.81. The molecule has 0 atom stereocenters. The Morgan fingerprint density at radius 1 is 1.24 bits per heavy atom. The number of rotatable bonds is 3. The number of nitrogens with zero attached hydrogens (tertiary/aromatic N) is 1. The summed E-state index contributed by atoms with van der Waals surface area (Å²) in [5, 5.41) is 6.02. The number of hydrogen-bond donors (Lipinski definition) is 1. The van der Waals surface area contributed by atoms with Gasteiger partial charge in [-0.25, -0.2) is 4.98 Å². The van der Waals surface area contributed by atoms with Gasteiger partial charge in [0.2, 0.25) is 0 Å². The Balaban J connectivity index is 2.53. The van der Waals surface area contributed by atoms with Crippen LogP contribution in [0.4, 0.5) is 5.82 Å². The van der Waals surface area contributed by atoms with Gasteiger partial charge in [0.25, 0.3) is 0 Å². The Labute approximate surface area is 105 Å². The molecule has 0 saturated heterocycles. The van der Waals surface area contributed by atoms with Crippen LogP contribution >= 0.6 is 11.3 Å². The van der Waals surface area contributed by atoms with E-state index in [2.05, 4.69) is 36.3 Å². The van der Waals surface area contributed by atoms with E-state index in [4.69, 9.17) is 4.74 Å². The van der Waals surface area contributed by atoms with E-state index in [1.54, 1.807) is 18.4 Å². The molecule has 1 N–H and O–H groups in total. The Bertz CT molecular complexity index is 534. The van der Waals surface area contributed by atoms with Gasteiger partial charge in [0, 0.05) is 12.4 Å². The van der Waals surface area contributed by atoms with Crippen LogP contribution in [0.1, 0.15) is 11.1 Å². The maximum Gasteiger partial charge on any atom is 0.137 e. The highest BCUT2D eigenvalue weighted by molar-refractivity contribution is 7.13. The molecule has 3 nitrogen and oxygen atoms in total. The van der Waals surface area contributed by atoms with Crippen molar-refractivity contribution in [1.29, 1.82) is 0 Å². The molecule has 0 radical (unpaired) electrons. The summed E-state index contributed by atoms with van der Waals surface area (Å²) in [7, 11) is 3.57. The molecule has 2 rings (SSSR count). The van der Waals surface area contributed by atoms with Crippen molar-refractivity contribution < 1.29 is 4.74 Å². The van der Waals surface area contributed by atoms with Crippen molar-refractivity contribution in [3.8, 4) is 16.3 Å². The highest BCUT2D eigenvalue weighted by atomic mass is 32.1. The van der Waals surface area contributed by atoms with Crippen LogP contribution in [0.25, 0.3) is 10.6 Å². The molecule has 4 heteroatoms. The van der Waals surface area contributed by atoms with E-state index in [1.807, 2.05) is 12.4 Å². The van der Waals surface area contributed by atoms with Gasteiger partial charge in [-0.2, -0.15) is 0 Å². The lowest BCUT2D eigenvalue weighted by atomic mass is 10.1. The largest absolute Gasteiger partial charge is 0.496 e. The third kappa shape index (κ3) is 2.26. The van der Waals surface area contributed by atoms with E-state index in [0.717, 1.165) is 22.1 Å². The summed E-state index contributed by atoms with van der Waals surface area (Å²) < 4.78 is 5.42. The first-order valence-electron chi connectivity index (χ1n) is 5.44. The van der Waals surface area contributed by atoms with Crippen molar-refractivity contribution >= 4 is 17.2 Å². The molecule has 2 aromatic rings. The molecular formula is C13H16N2OS. The Hall–Kier alpha value is -1.55. The fourth-order valence-corrected chi connectivity index (χ4v) is 2.47. The van der Waals surface area contributed by atoms with E-state index < -0.39 is 0 Å². The normalized spacial score (nSPS) is 10.4. The number of nitrogens with one attached hydrogen (secondary N) is 1. The lowest BCUT2D eigenvalue weighted by Gasteiger charge is -2.09. The second kappa shape index (κ2) is 4.75. The highest BCUT2D eigenvalue weighted by Gasteiger charge is 2.11. The maximum absolute atomic E-state index is 5.42. The van der Waals surface area contributed by atoms with Crippen LogP contribution < -0.4 is 10.1 Å². The second-order valence-electron chi connectivity index (χ2n) is 3.92. The first-order chi connectivity index (χ1) is 8.15. The van der Waals surface area contributed by atoms with Crippen molar-refractivity contribution in [3.63, 3.8) is 0 Å². The molecule has 0 aliphatic carbocycles. The molecule has 1 aromatic heterocycles. The number of benzene rings is 1. The smallest absolute Gasteiger partial charge is 0.137 e. The van der Waals surface area contributed by atoms with E-state index in [9.17, 15) is 0 Å². The highest BCUT2D eigenvalue weighted by Crippen LogP contribution is 2.35. The van der Waals surface area contributed by atoms with Crippen LogP contribution in [0.3, 0.4) is 0 Å². The molecule has 90 valence electrons. The van der Waals surface area contributed by atoms with Crippen LogP contribution in [-0.4, -0.2) is 19.1 Å². The van der Waals surface area contributed by atoms with E-state index >= 15 is 0 Å². The quantitative estimate of drug-likeness (QED) is 0.903. The summed E-state index contributed by atoms with van der Waals surface area (Å²) in [6.45, 7) is 4.19. The van der Waals surface area contributed by atoms with Crippen molar-refractivity contribution in [3.05, 3.63) is 28.6 Å². The number of ether oxygens (including phenoxy) is 1. The summed E-state index contributed by atoms with van der Waals surface area (Å²) in [4.78, 5) is 4.51. The van der Waals surface area contributed by atoms with Gasteiger partial charge in [-0.3, -0.25) is 0 Å². The van der Waals surface area contributed by atoms with E-state index in [1.165, 1.54) is 11.1 Å². The Morgan fingerprint density at radius 2 is 1.94 bits per heavy atom. The van der Waals surface area contributed by atoms with Gasteiger partial charge < -0.3 is 10.1 Å². The van der Waals surface area contributed by atoms with E-state index in [-0.39, 0.29) is 0 Å². The number of hydrogen-bond acceptors (Lipinski definition) is 4. The fourth-order valence-electron chi connectivity index (χ4n) is 1.64. The minimum absolute atomic E-state index is 0.880. The fraction of sp³-hybridized carbons (Fsp3) is 0.308. The van der Waals surface area contributed by atoms with Crippen LogP contribution in [-0.2, 0) is 0 Å². The molecule has 0 saturated carbocycles. The molecule has 1 heterocycles. The molecule has 0 aliphatic heterocycles. The molecule has 0 aliphatic rings. The van der Waals surface area contributed by atoms with Gasteiger partial charge in [-0.05, 0) is 37.1 Å². The molecular weight excluding hydrogens is 232 g/mol. The van der Waals surface area contributed by atoms with Gasteiger partial charge in [-0.1, -0.05) is 0 Å². The predicted octanol–water partition coefficient (Wildman–Crippen LogP) is 3.48. The average molecular weight is 248 g/mol.